The zero-order valence-electron chi connectivity index (χ0n) is 10.5. The molecule has 2 atom stereocenters. The first-order chi connectivity index (χ1) is 7.27. The molecule has 0 aliphatic heterocycles. The summed E-state index contributed by atoms with van der Waals surface area (Å²) in [6.07, 6.45) is 6.46. The zero-order valence-corrected chi connectivity index (χ0v) is 10.5. The molecule has 2 rings (SSSR count). The standard InChI is InChI=1S/C14H20O2/c1-13(2,3)11(12(15)16)10-8-9-6-5-7-14(9,10)4/h5,7,9H,6,8H2,1-4H3,(H,15,16)/t9-,14+/m1/s1. The van der Waals surface area contributed by atoms with E-state index in [0.717, 1.165) is 18.4 Å². The number of rotatable bonds is 1. The number of fused-ring (bicyclic) bond motifs is 1. The lowest BCUT2D eigenvalue weighted by Crippen LogP contribution is -2.39. The van der Waals surface area contributed by atoms with Crippen LogP contribution >= 0.6 is 0 Å². The van der Waals surface area contributed by atoms with Gasteiger partial charge in [0.25, 0.3) is 0 Å². The molecule has 0 radical (unpaired) electrons. The first-order valence-corrected chi connectivity index (χ1v) is 5.92. The van der Waals surface area contributed by atoms with Gasteiger partial charge in [-0.3, -0.25) is 0 Å². The molecule has 0 spiro atoms. The maximum absolute atomic E-state index is 11.4. The van der Waals surface area contributed by atoms with Gasteiger partial charge in [-0.15, -0.1) is 0 Å². The van der Waals surface area contributed by atoms with E-state index in [4.69, 9.17) is 0 Å². The van der Waals surface area contributed by atoms with Gasteiger partial charge in [-0.25, -0.2) is 4.79 Å². The summed E-state index contributed by atoms with van der Waals surface area (Å²) in [6, 6.07) is 0. The topological polar surface area (TPSA) is 37.3 Å². The Kier molecular flexibility index (Phi) is 2.30. The fourth-order valence-electron chi connectivity index (χ4n) is 3.11. The van der Waals surface area contributed by atoms with Gasteiger partial charge in [0.05, 0.1) is 0 Å². The molecule has 0 heterocycles. The number of carboxylic acid groups (broad SMARTS) is 1. The summed E-state index contributed by atoms with van der Waals surface area (Å²) in [6.45, 7) is 8.13. The van der Waals surface area contributed by atoms with Gasteiger partial charge in [0.15, 0.2) is 0 Å². The van der Waals surface area contributed by atoms with E-state index in [-0.39, 0.29) is 10.8 Å². The Morgan fingerprint density at radius 2 is 2.12 bits per heavy atom. The molecule has 16 heavy (non-hydrogen) atoms. The summed E-state index contributed by atoms with van der Waals surface area (Å²) in [4.78, 5) is 11.4. The van der Waals surface area contributed by atoms with E-state index in [9.17, 15) is 9.90 Å². The molecular weight excluding hydrogens is 200 g/mol. The van der Waals surface area contributed by atoms with E-state index in [1.165, 1.54) is 0 Å². The van der Waals surface area contributed by atoms with Gasteiger partial charge in [-0.05, 0) is 29.7 Å². The molecule has 88 valence electrons. The minimum atomic E-state index is -0.748. The lowest BCUT2D eigenvalue weighted by Gasteiger charge is -2.47. The van der Waals surface area contributed by atoms with Crippen LogP contribution in [0.5, 0.6) is 0 Å². The van der Waals surface area contributed by atoms with Crippen LogP contribution in [0, 0.1) is 16.7 Å². The first-order valence-electron chi connectivity index (χ1n) is 5.92. The summed E-state index contributed by atoms with van der Waals surface area (Å²) >= 11 is 0. The lowest BCUT2D eigenvalue weighted by atomic mass is 9.56. The molecule has 0 aromatic carbocycles. The predicted molar refractivity (Wildman–Crippen MR) is 64.1 cm³/mol. The van der Waals surface area contributed by atoms with E-state index in [0.29, 0.717) is 11.5 Å². The van der Waals surface area contributed by atoms with Crippen LogP contribution < -0.4 is 0 Å². The smallest absolute Gasteiger partial charge is 0.332 e. The molecule has 1 fully saturated rings. The second kappa shape index (κ2) is 3.22. The van der Waals surface area contributed by atoms with Crippen molar-refractivity contribution in [3.8, 4) is 0 Å². The van der Waals surface area contributed by atoms with E-state index in [1.54, 1.807) is 0 Å². The second-order valence-electron chi connectivity index (χ2n) is 6.23. The molecule has 2 aliphatic rings. The molecule has 2 nitrogen and oxygen atoms in total. The van der Waals surface area contributed by atoms with E-state index in [2.05, 4.69) is 19.1 Å². The fourth-order valence-corrected chi connectivity index (χ4v) is 3.11. The van der Waals surface area contributed by atoms with E-state index in [1.807, 2.05) is 20.8 Å². The van der Waals surface area contributed by atoms with Crippen molar-refractivity contribution in [2.75, 3.05) is 0 Å². The SMILES string of the molecule is CC(C)(C)C(C(=O)O)=C1C[C@H]2CC=C[C@]12C. The van der Waals surface area contributed by atoms with Crippen molar-refractivity contribution in [3.05, 3.63) is 23.3 Å². The van der Waals surface area contributed by atoms with Crippen LogP contribution in [0.1, 0.15) is 40.5 Å². The Morgan fingerprint density at radius 3 is 2.56 bits per heavy atom. The average Bonchev–Trinajstić information content (AvgIpc) is 2.38. The third-order valence-corrected chi connectivity index (χ3v) is 4.10. The van der Waals surface area contributed by atoms with E-state index < -0.39 is 5.97 Å². The molecular formula is C14H20O2. The monoisotopic (exact) mass is 220 g/mol. The molecule has 0 bridgehead atoms. The Balaban J connectivity index is 2.48. The minimum Gasteiger partial charge on any atom is -0.478 e. The third-order valence-electron chi connectivity index (χ3n) is 4.10. The molecule has 2 aliphatic carbocycles. The average molecular weight is 220 g/mol. The Hall–Kier alpha value is -1.05. The molecule has 0 aromatic rings. The van der Waals surface area contributed by atoms with Crippen molar-refractivity contribution in [3.63, 3.8) is 0 Å². The van der Waals surface area contributed by atoms with Crippen molar-refractivity contribution in [2.45, 2.75) is 40.5 Å². The Labute approximate surface area is 97.0 Å². The molecule has 0 unspecified atom stereocenters. The van der Waals surface area contributed by atoms with Crippen LogP contribution in [0.15, 0.2) is 23.3 Å². The lowest BCUT2D eigenvalue weighted by molar-refractivity contribution is -0.134. The second-order valence-corrected chi connectivity index (χ2v) is 6.23. The van der Waals surface area contributed by atoms with Gasteiger partial charge >= 0.3 is 5.97 Å². The number of carbonyl (C=O) groups is 1. The maximum Gasteiger partial charge on any atom is 0.332 e. The molecule has 2 heteroatoms. The van der Waals surface area contributed by atoms with Crippen LogP contribution in [-0.4, -0.2) is 11.1 Å². The first kappa shape index (κ1) is 11.4. The third kappa shape index (κ3) is 1.43. The van der Waals surface area contributed by atoms with Crippen molar-refractivity contribution < 1.29 is 9.90 Å². The number of carboxylic acids is 1. The fraction of sp³-hybridized carbons (Fsp3) is 0.643. The largest absolute Gasteiger partial charge is 0.478 e. The highest BCUT2D eigenvalue weighted by Gasteiger charge is 2.50. The van der Waals surface area contributed by atoms with Crippen molar-refractivity contribution in [1.29, 1.82) is 0 Å². The highest BCUT2D eigenvalue weighted by molar-refractivity contribution is 5.89. The zero-order chi connectivity index (χ0) is 12.1. The van der Waals surface area contributed by atoms with Crippen LogP contribution in [0.25, 0.3) is 0 Å². The van der Waals surface area contributed by atoms with Gasteiger partial charge in [0.2, 0.25) is 0 Å². The Bertz CT molecular complexity index is 395. The minimum absolute atomic E-state index is 0.0288. The van der Waals surface area contributed by atoms with Gasteiger partial charge in [-0.1, -0.05) is 39.8 Å². The Morgan fingerprint density at radius 1 is 1.50 bits per heavy atom. The predicted octanol–water partition coefficient (Wildman–Crippen LogP) is 3.40. The van der Waals surface area contributed by atoms with Crippen LogP contribution in [0.3, 0.4) is 0 Å². The molecule has 1 saturated carbocycles. The summed E-state index contributed by atoms with van der Waals surface area (Å²) in [5.74, 6) is -0.110. The quantitative estimate of drug-likeness (QED) is 0.543. The normalized spacial score (nSPS) is 35.6. The summed E-state index contributed by atoms with van der Waals surface area (Å²) in [7, 11) is 0. The van der Waals surface area contributed by atoms with Crippen molar-refractivity contribution in [2.24, 2.45) is 16.7 Å². The van der Waals surface area contributed by atoms with Crippen LogP contribution in [-0.2, 0) is 4.79 Å². The van der Waals surface area contributed by atoms with E-state index >= 15 is 0 Å². The number of allylic oxidation sites excluding steroid dienone is 3. The van der Waals surface area contributed by atoms with Crippen molar-refractivity contribution in [1.82, 2.24) is 0 Å². The van der Waals surface area contributed by atoms with Gasteiger partial charge in [0, 0.05) is 11.0 Å². The number of hydrogen-bond acceptors (Lipinski definition) is 1. The summed E-state index contributed by atoms with van der Waals surface area (Å²) in [5.41, 5.74) is 1.52. The number of hydrogen-bond donors (Lipinski definition) is 1. The van der Waals surface area contributed by atoms with Crippen LogP contribution in [0.4, 0.5) is 0 Å². The summed E-state index contributed by atoms with van der Waals surface area (Å²) < 4.78 is 0. The number of aliphatic carboxylic acids is 1. The molecule has 0 amide bonds. The molecule has 0 aromatic heterocycles. The molecule has 0 saturated heterocycles. The highest BCUT2D eigenvalue weighted by Crippen LogP contribution is 2.59. The summed E-state index contributed by atoms with van der Waals surface area (Å²) in [5, 5.41) is 9.40. The highest BCUT2D eigenvalue weighted by atomic mass is 16.4. The van der Waals surface area contributed by atoms with Gasteiger partial charge in [0.1, 0.15) is 0 Å². The van der Waals surface area contributed by atoms with Crippen molar-refractivity contribution >= 4 is 5.97 Å². The maximum atomic E-state index is 11.4. The molecule has 1 N–H and O–H groups in total. The van der Waals surface area contributed by atoms with Gasteiger partial charge < -0.3 is 5.11 Å². The van der Waals surface area contributed by atoms with Gasteiger partial charge in [-0.2, -0.15) is 0 Å². The van der Waals surface area contributed by atoms with Crippen LogP contribution in [0.2, 0.25) is 0 Å².